The number of pyridine rings is 1. The normalized spacial score (nSPS) is 15.0. The molecule has 0 radical (unpaired) electrons. The largest absolute Gasteiger partial charge is 0.506 e. The lowest BCUT2D eigenvalue weighted by molar-refractivity contribution is 0.470. The molecule has 1 fully saturated rings. The summed E-state index contributed by atoms with van der Waals surface area (Å²) in [5.41, 5.74) is 4.19. The third-order valence-corrected chi connectivity index (χ3v) is 4.60. The number of anilines is 1. The highest BCUT2D eigenvalue weighted by molar-refractivity contribution is 5.89. The van der Waals surface area contributed by atoms with Crippen LogP contribution in [0.3, 0.4) is 0 Å². The number of nitrogens with zero attached hydrogens (tertiary/aromatic N) is 2. The van der Waals surface area contributed by atoms with Gasteiger partial charge in [0.25, 0.3) is 0 Å². The van der Waals surface area contributed by atoms with E-state index in [0.717, 1.165) is 40.8 Å². The zero-order valence-electron chi connectivity index (χ0n) is 13.1. The van der Waals surface area contributed by atoms with Crippen LogP contribution in [-0.4, -0.2) is 23.2 Å². The number of hydrogen-bond acceptors (Lipinski definition) is 3. The van der Waals surface area contributed by atoms with Crippen LogP contribution in [0, 0.1) is 0 Å². The fourth-order valence-corrected chi connectivity index (χ4v) is 3.46. The van der Waals surface area contributed by atoms with Crippen LogP contribution in [-0.2, 0) is 0 Å². The van der Waals surface area contributed by atoms with Crippen LogP contribution in [0.1, 0.15) is 19.3 Å². The predicted molar refractivity (Wildman–Crippen MR) is 94.9 cm³/mol. The number of rotatable bonds is 2. The van der Waals surface area contributed by atoms with E-state index in [1.54, 1.807) is 6.07 Å². The van der Waals surface area contributed by atoms with Gasteiger partial charge in [-0.15, -0.1) is 0 Å². The lowest BCUT2D eigenvalue weighted by atomic mass is 9.99. The second-order valence-electron chi connectivity index (χ2n) is 6.13. The molecule has 0 saturated carbocycles. The van der Waals surface area contributed by atoms with E-state index in [1.165, 1.54) is 19.3 Å². The van der Waals surface area contributed by atoms with E-state index < -0.39 is 0 Å². The monoisotopic (exact) mass is 304 g/mol. The molecule has 0 amide bonds. The van der Waals surface area contributed by atoms with Crippen LogP contribution in [0.25, 0.3) is 22.0 Å². The summed E-state index contributed by atoms with van der Waals surface area (Å²) in [6.07, 6.45) is 5.47. The molecule has 3 heteroatoms. The number of para-hydroxylation sites is 1. The van der Waals surface area contributed by atoms with E-state index in [9.17, 15) is 5.11 Å². The number of phenolic OH excluding ortho intramolecular Hbond substituents is 1. The van der Waals surface area contributed by atoms with Gasteiger partial charge in [0.05, 0.1) is 11.2 Å². The van der Waals surface area contributed by atoms with Crippen molar-refractivity contribution in [1.29, 1.82) is 0 Å². The molecule has 0 unspecified atom stereocenters. The molecule has 0 spiro atoms. The van der Waals surface area contributed by atoms with Crippen LogP contribution >= 0.6 is 0 Å². The van der Waals surface area contributed by atoms with E-state index in [4.69, 9.17) is 0 Å². The van der Waals surface area contributed by atoms with Gasteiger partial charge in [-0.25, -0.2) is 0 Å². The number of aromatic hydroxyl groups is 1. The van der Waals surface area contributed by atoms with Crippen LogP contribution in [0.4, 0.5) is 5.69 Å². The van der Waals surface area contributed by atoms with Gasteiger partial charge >= 0.3 is 0 Å². The Morgan fingerprint density at radius 3 is 2.65 bits per heavy atom. The Balaban J connectivity index is 1.85. The van der Waals surface area contributed by atoms with Crippen molar-refractivity contribution in [2.24, 2.45) is 0 Å². The van der Waals surface area contributed by atoms with E-state index in [0.29, 0.717) is 5.75 Å². The van der Waals surface area contributed by atoms with Crippen molar-refractivity contribution in [3.05, 3.63) is 54.7 Å². The molecule has 0 atom stereocenters. The van der Waals surface area contributed by atoms with Gasteiger partial charge < -0.3 is 10.0 Å². The van der Waals surface area contributed by atoms with E-state index in [-0.39, 0.29) is 0 Å². The topological polar surface area (TPSA) is 36.4 Å². The van der Waals surface area contributed by atoms with Crippen molar-refractivity contribution in [3.8, 4) is 16.9 Å². The Labute approximate surface area is 136 Å². The molecular weight excluding hydrogens is 284 g/mol. The van der Waals surface area contributed by atoms with Crippen molar-refractivity contribution in [3.63, 3.8) is 0 Å². The summed E-state index contributed by atoms with van der Waals surface area (Å²) in [7, 11) is 0. The third-order valence-electron chi connectivity index (χ3n) is 4.60. The molecule has 4 rings (SSSR count). The molecule has 0 aliphatic carbocycles. The molecular formula is C20H20N2O. The number of phenols is 1. The predicted octanol–water partition coefficient (Wildman–Crippen LogP) is 4.60. The van der Waals surface area contributed by atoms with E-state index in [1.807, 2.05) is 18.3 Å². The van der Waals surface area contributed by atoms with Crippen LogP contribution in [0.5, 0.6) is 5.75 Å². The van der Waals surface area contributed by atoms with Crippen molar-refractivity contribution in [1.82, 2.24) is 4.98 Å². The Kier molecular flexibility index (Phi) is 3.62. The van der Waals surface area contributed by atoms with Crippen molar-refractivity contribution >= 4 is 16.6 Å². The molecule has 0 bridgehead atoms. The first kappa shape index (κ1) is 14.1. The Morgan fingerprint density at radius 2 is 1.78 bits per heavy atom. The zero-order chi connectivity index (χ0) is 15.6. The van der Waals surface area contributed by atoms with Gasteiger partial charge in [-0.3, -0.25) is 4.98 Å². The van der Waals surface area contributed by atoms with Gasteiger partial charge in [-0.1, -0.05) is 24.3 Å². The Hall–Kier alpha value is -2.55. The molecule has 116 valence electrons. The smallest absolute Gasteiger partial charge is 0.139 e. The molecule has 1 aliphatic rings. The summed E-state index contributed by atoms with van der Waals surface area (Å²) in [5, 5.41) is 11.6. The minimum absolute atomic E-state index is 0.371. The highest BCUT2D eigenvalue weighted by Crippen LogP contribution is 2.39. The molecule has 23 heavy (non-hydrogen) atoms. The fraction of sp³-hybridized carbons (Fsp3) is 0.250. The van der Waals surface area contributed by atoms with Crippen molar-refractivity contribution in [2.45, 2.75) is 19.3 Å². The molecule has 1 aromatic heterocycles. The Morgan fingerprint density at radius 1 is 0.913 bits per heavy atom. The summed E-state index contributed by atoms with van der Waals surface area (Å²) in [6, 6.07) is 16.1. The number of hydrogen-bond donors (Lipinski definition) is 1. The van der Waals surface area contributed by atoms with E-state index in [2.05, 4.69) is 40.2 Å². The molecule has 1 N–H and O–H groups in total. The average molecular weight is 304 g/mol. The molecule has 2 heterocycles. The highest BCUT2D eigenvalue weighted by Gasteiger charge is 2.19. The zero-order valence-corrected chi connectivity index (χ0v) is 13.1. The summed E-state index contributed by atoms with van der Waals surface area (Å²) in [6.45, 7) is 2.03. The number of aromatic nitrogens is 1. The van der Waals surface area contributed by atoms with Crippen LogP contribution in [0.15, 0.2) is 54.7 Å². The first-order valence-corrected chi connectivity index (χ1v) is 8.25. The third kappa shape index (κ3) is 2.63. The standard InChI is InChI=1S/C20H20N2O/c23-19-8-4-7-17(20(19)22-12-2-1-3-13-22)15-9-10-18-16(14-15)6-5-11-21-18/h4-11,14,23H,1-3,12-13H2. The number of benzene rings is 2. The maximum Gasteiger partial charge on any atom is 0.139 e. The number of fused-ring (bicyclic) bond motifs is 1. The van der Waals surface area contributed by atoms with Gasteiger partial charge in [0, 0.05) is 30.2 Å². The van der Waals surface area contributed by atoms with Gasteiger partial charge in [0.2, 0.25) is 0 Å². The number of piperidine rings is 1. The minimum Gasteiger partial charge on any atom is -0.506 e. The van der Waals surface area contributed by atoms with Crippen LogP contribution in [0.2, 0.25) is 0 Å². The summed E-state index contributed by atoms with van der Waals surface area (Å²) in [5.74, 6) is 0.371. The summed E-state index contributed by atoms with van der Waals surface area (Å²) in [4.78, 5) is 6.71. The first-order valence-electron chi connectivity index (χ1n) is 8.25. The second kappa shape index (κ2) is 5.92. The van der Waals surface area contributed by atoms with Crippen molar-refractivity contribution in [2.75, 3.05) is 18.0 Å². The molecule has 1 aliphatic heterocycles. The first-order chi connectivity index (χ1) is 11.3. The lowest BCUT2D eigenvalue weighted by Gasteiger charge is -2.31. The van der Waals surface area contributed by atoms with Crippen LogP contribution < -0.4 is 4.90 Å². The van der Waals surface area contributed by atoms with Gasteiger partial charge in [-0.2, -0.15) is 0 Å². The average Bonchev–Trinajstić information content (AvgIpc) is 2.62. The van der Waals surface area contributed by atoms with Crippen molar-refractivity contribution < 1.29 is 5.11 Å². The maximum absolute atomic E-state index is 10.5. The molecule has 2 aromatic carbocycles. The molecule has 3 aromatic rings. The second-order valence-corrected chi connectivity index (χ2v) is 6.13. The quantitative estimate of drug-likeness (QED) is 0.752. The van der Waals surface area contributed by atoms with Gasteiger partial charge in [0.1, 0.15) is 5.75 Å². The van der Waals surface area contributed by atoms with E-state index >= 15 is 0 Å². The van der Waals surface area contributed by atoms with Gasteiger partial charge in [0.15, 0.2) is 0 Å². The maximum atomic E-state index is 10.5. The lowest BCUT2D eigenvalue weighted by Crippen LogP contribution is -2.29. The Bertz CT molecular complexity index is 838. The minimum atomic E-state index is 0.371. The molecule has 3 nitrogen and oxygen atoms in total. The highest BCUT2D eigenvalue weighted by atomic mass is 16.3. The summed E-state index contributed by atoms with van der Waals surface area (Å²) < 4.78 is 0. The molecule has 1 saturated heterocycles. The fourth-order valence-electron chi connectivity index (χ4n) is 3.46. The van der Waals surface area contributed by atoms with Gasteiger partial charge in [-0.05, 0) is 49.1 Å². The SMILES string of the molecule is Oc1cccc(-c2ccc3ncccc3c2)c1N1CCCCC1. The summed E-state index contributed by atoms with van der Waals surface area (Å²) >= 11 is 0.